The highest BCUT2D eigenvalue weighted by Gasteiger charge is 2.34. The lowest BCUT2D eigenvalue weighted by molar-refractivity contribution is -0.121. The van der Waals surface area contributed by atoms with Crippen LogP contribution >= 0.6 is 0 Å². The molecule has 144 valence electrons. The van der Waals surface area contributed by atoms with E-state index < -0.39 is 0 Å². The summed E-state index contributed by atoms with van der Waals surface area (Å²) in [5.74, 6) is 1.62. The van der Waals surface area contributed by atoms with Crippen molar-refractivity contribution in [3.63, 3.8) is 0 Å². The molecule has 1 aromatic carbocycles. The number of hydrogen-bond acceptors (Lipinski definition) is 4. The number of rotatable bonds is 7. The van der Waals surface area contributed by atoms with Crippen molar-refractivity contribution >= 4 is 5.91 Å². The van der Waals surface area contributed by atoms with E-state index in [2.05, 4.69) is 45.4 Å². The zero-order chi connectivity index (χ0) is 18.5. The molecule has 5 rings (SSSR count). The van der Waals surface area contributed by atoms with Crippen LogP contribution < -0.4 is 5.32 Å². The van der Waals surface area contributed by atoms with Crippen molar-refractivity contribution in [1.29, 1.82) is 0 Å². The van der Waals surface area contributed by atoms with E-state index in [0.717, 1.165) is 37.9 Å². The number of carbonyl (C=O) groups is 1. The fourth-order valence-corrected chi connectivity index (χ4v) is 4.42. The monoisotopic (exact) mass is 367 g/mol. The fourth-order valence-electron chi connectivity index (χ4n) is 4.42. The number of piperidine rings is 1. The highest BCUT2D eigenvalue weighted by atomic mass is 16.3. The number of amides is 1. The molecule has 3 aliphatic rings. The van der Waals surface area contributed by atoms with Gasteiger partial charge in [0.25, 0.3) is 0 Å². The molecule has 0 radical (unpaired) electrons. The maximum Gasteiger partial charge on any atom is 0.221 e. The predicted molar refractivity (Wildman–Crippen MR) is 105 cm³/mol. The first-order valence-corrected chi connectivity index (χ1v) is 10.1. The minimum absolute atomic E-state index is 0.101. The molecule has 5 heteroatoms. The number of nitrogens with one attached hydrogen (secondary N) is 1. The molecule has 3 fully saturated rings. The second kappa shape index (κ2) is 8.72. The minimum atomic E-state index is 0.101. The molecule has 3 saturated heterocycles. The molecule has 0 saturated carbocycles. The summed E-state index contributed by atoms with van der Waals surface area (Å²) < 4.78 is 5.26. The standard InChI is InChI=1S/C22H29N3O2/c26-22(23-13-21-7-4-12-27-21)10-11-24-14-19-8-9-20(17-24)25(16-19)15-18-5-2-1-3-6-18/h1-7,12,19-20H,8-11,13-17H2,(H,23,26)/t19-,20+/m1/s1. The molecule has 1 aromatic heterocycles. The average Bonchev–Trinajstić information content (AvgIpc) is 3.06. The number of fused-ring (bicyclic) bond motifs is 4. The van der Waals surface area contributed by atoms with Crippen LogP contribution in [0.25, 0.3) is 0 Å². The first-order chi connectivity index (χ1) is 13.3. The molecule has 1 N–H and O–H groups in total. The van der Waals surface area contributed by atoms with Crippen LogP contribution in [0.1, 0.15) is 30.6 Å². The Labute approximate surface area is 161 Å². The summed E-state index contributed by atoms with van der Waals surface area (Å²) in [6, 6.07) is 15.1. The third kappa shape index (κ3) is 4.99. The Hall–Kier alpha value is -2.11. The highest BCUT2D eigenvalue weighted by Crippen LogP contribution is 2.29. The minimum Gasteiger partial charge on any atom is -0.467 e. The van der Waals surface area contributed by atoms with Gasteiger partial charge in [-0.1, -0.05) is 30.3 Å². The molecule has 0 aliphatic carbocycles. The van der Waals surface area contributed by atoms with Gasteiger partial charge in [-0.05, 0) is 36.5 Å². The summed E-state index contributed by atoms with van der Waals surface area (Å²) in [6.45, 7) is 5.74. The number of benzene rings is 1. The van der Waals surface area contributed by atoms with Gasteiger partial charge in [-0.25, -0.2) is 0 Å². The quantitative estimate of drug-likeness (QED) is 0.818. The zero-order valence-corrected chi connectivity index (χ0v) is 15.8. The summed E-state index contributed by atoms with van der Waals surface area (Å²) in [6.07, 6.45) is 4.78. The zero-order valence-electron chi connectivity index (χ0n) is 15.8. The van der Waals surface area contributed by atoms with Crippen LogP contribution in [0.3, 0.4) is 0 Å². The van der Waals surface area contributed by atoms with Gasteiger partial charge in [0.05, 0.1) is 12.8 Å². The van der Waals surface area contributed by atoms with Gasteiger partial charge in [-0.15, -0.1) is 0 Å². The van der Waals surface area contributed by atoms with Crippen LogP contribution in [-0.2, 0) is 17.9 Å². The molecular weight excluding hydrogens is 338 g/mol. The van der Waals surface area contributed by atoms with Crippen molar-refractivity contribution in [1.82, 2.24) is 15.1 Å². The van der Waals surface area contributed by atoms with Crippen LogP contribution in [0.15, 0.2) is 53.1 Å². The van der Waals surface area contributed by atoms with E-state index in [1.54, 1.807) is 6.26 Å². The van der Waals surface area contributed by atoms with Gasteiger partial charge in [-0.3, -0.25) is 9.69 Å². The van der Waals surface area contributed by atoms with Gasteiger partial charge >= 0.3 is 0 Å². The van der Waals surface area contributed by atoms with Gasteiger partial charge in [0.15, 0.2) is 0 Å². The Morgan fingerprint density at radius 2 is 1.96 bits per heavy atom. The lowest BCUT2D eigenvalue weighted by Gasteiger charge is -2.36. The van der Waals surface area contributed by atoms with Crippen molar-refractivity contribution in [2.45, 2.75) is 38.4 Å². The molecule has 1 amide bonds. The third-order valence-corrected chi connectivity index (χ3v) is 5.83. The summed E-state index contributed by atoms with van der Waals surface area (Å²) in [7, 11) is 0. The molecule has 3 aliphatic heterocycles. The Bertz CT molecular complexity index is 716. The van der Waals surface area contributed by atoms with Crippen molar-refractivity contribution in [2.24, 2.45) is 5.92 Å². The number of hydrogen-bond donors (Lipinski definition) is 1. The van der Waals surface area contributed by atoms with E-state index >= 15 is 0 Å². The van der Waals surface area contributed by atoms with Crippen LogP contribution in [0.2, 0.25) is 0 Å². The molecule has 2 bridgehead atoms. The topological polar surface area (TPSA) is 48.7 Å². The van der Waals surface area contributed by atoms with Crippen molar-refractivity contribution < 1.29 is 9.21 Å². The van der Waals surface area contributed by atoms with E-state index in [0.29, 0.717) is 19.0 Å². The van der Waals surface area contributed by atoms with Gasteiger partial charge in [0, 0.05) is 45.2 Å². The Morgan fingerprint density at radius 1 is 1.07 bits per heavy atom. The van der Waals surface area contributed by atoms with Gasteiger partial charge < -0.3 is 14.6 Å². The van der Waals surface area contributed by atoms with E-state index in [-0.39, 0.29) is 5.91 Å². The molecule has 0 unspecified atom stereocenters. The predicted octanol–water partition coefficient (Wildman–Crippen LogP) is 2.88. The maximum absolute atomic E-state index is 12.2. The number of nitrogens with zero attached hydrogens (tertiary/aromatic N) is 2. The average molecular weight is 367 g/mol. The Morgan fingerprint density at radius 3 is 2.78 bits per heavy atom. The lowest BCUT2D eigenvalue weighted by Crippen LogP contribution is -2.43. The number of furan rings is 1. The number of carbonyl (C=O) groups excluding carboxylic acids is 1. The van der Waals surface area contributed by atoms with Crippen LogP contribution in [0, 0.1) is 5.92 Å². The SMILES string of the molecule is O=C(CCN1C[C@H]2CC[C@@H](C1)N(Cc1ccccc1)C2)NCc1ccco1. The molecule has 4 heterocycles. The summed E-state index contributed by atoms with van der Waals surface area (Å²) >= 11 is 0. The molecule has 0 spiro atoms. The van der Waals surface area contributed by atoms with E-state index in [9.17, 15) is 4.79 Å². The van der Waals surface area contributed by atoms with E-state index in [1.165, 1.54) is 24.9 Å². The van der Waals surface area contributed by atoms with Gasteiger partial charge in [0.1, 0.15) is 5.76 Å². The summed E-state index contributed by atoms with van der Waals surface area (Å²) in [5.41, 5.74) is 1.40. The van der Waals surface area contributed by atoms with Crippen molar-refractivity contribution in [2.75, 3.05) is 26.2 Å². The third-order valence-electron chi connectivity index (χ3n) is 5.83. The second-order valence-electron chi connectivity index (χ2n) is 7.88. The lowest BCUT2D eigenvalue weighted by atomic mass is 9.94. The van der Waals surface area contributed by atoms with Crippen LogP contribution in [0.4, 0.5) is 0 Å². The summed E-state index contributed by atoms with van der Waals surface area (Å²) in [4.78, 5) is 17.3. The van der Waals surface area contributed by atoms with Crippen LogP contribution in [-0.4, -0.2) is 47.9 Å². The normalized spacial score (nSPS) is 23.3. The molecule has 27 heavy (non-hydrogen) atoms. The summed E-state index contributed by atoms with van der Waals surface area (Å²) in [5, 5.41) is 2.95. The Kier molecular flexibility index (Phi) is 5.90. The second-order valence-corrected chi connectivity index (χ2v) is 7.88. The molecule has 2 aromatic rings. The maximum atomic E-state index is 12.2. The smallest absolute Gasteiger partial charge is 0.221 e. The van der Waals surface area contributed by atoms with E-state index in [1.807, 2.05) is 12.1 Å². The molecule has 5 nitrogen and oxygen atoms in total. The van der Waals surface area contributed by atoms with Crippen molar-refractivity contribution in [3.8, 4) is 0 Å². The van der Waals surface area contributed by atoms with E-state index in [4.69, 9.17) is 4.42 Å². The largest absolute Gasteiger partial charge is 0.467 e. The molecular formula is C22H29N3O2. The van der Waals surface area contributed by atoms with Crippen LogP contribution in [0.5, 0.6) is 0 Å². The van der Waals surface area contributed by atoms with Gasteiger partial charge in [0.2, 0.25) is 5.91 Å². The molecule has 2 atom stereocenters. The van der Waals surface area contributed by atoms with Gasteiger partial charge in [-0.2, -0.15) is 0 Å². The highest BCUT2D eigenvalue weighted by molar-refractivity contribution is 5.75. The first-order valence-electron chi connectivity index (χ1n) is 10.1. The first kappa shape index (κ1) is 18.3. The Balaban J connectivity index is 1.26. The fraction of sp³-hybridized carbons (Fsp3) is 0.500. The van der Waals surface area contributed by atoms with Crippen molar-refractivity contribution in [3.05, 3.63) is 60.1 Å².